The number of aliphatic hydroxyl groups excluding tert-OH is 1. The van der Waals surface area contributed by atoms with Gasteiger partial charge in [0.15, 0.2) is 5.72 Å². The number of hydrogen-bond acceptors (Lipinski definition) is 4. The van der Waals surface area contributed by atoms with Gasteiger partial charge in [0.25, 0.3) is 0 Å². The molecule has 0 saturated heterocycles. The summed E-state index contributed by atoms with van der Waals surface area (Å²) in [5, 5.41) is 10.3. The summed E-state index contributed by atoms with van der Waals surface area (Å²) in [7, 11) is 1.44. The summed E-state index contributed by atoms with van der Waals surface area (Å²) < 4.78 is 5.32. The maximum absolute atomic E-state index is 11.1. The Morgan fingerprint density at radius 3 is 2.53 bits per heavy atom. The fourth-order valence-electron chi connectivity index (χ4n) is 1.99. The van der Waals surface area contributed by atoms with Crippen LogP contribution in [-0.2, 0) is 10.5 Å². The van der Waals surface area contributed by atoms with Crippen molar-refractivity contribution in [3.63, 3.8) is 0 Å². The molecule has 0 amide bonds. The summed E-state index contributed by atoms with van der Waals surface area (Å²) in [5.41, 5.74) is 5.76. The third kappa shape index (κ3) is 3.54. The van der Waals surface area contributed by atoms with E-state index in [0.717, 1.165) is 12.7 Å². The molecule has 0 saturated carbocycles. The van der Waals surface area contributed by atoms with Crippen LogP contribution in [0.1, 0.15) is 36.2 Å². The minimum absolute atomic E-state index is 0. The number of aliphatic hydroxyl groups is 1. The number of carbonyl (C=O) groups is 1. The van der Waals surface area contributed by atoms with Gasteiger partial charge in [0.05, 0.1) is 0 Å². The Bertz CT molecular complexity index is 413. The van der Waals surface area contributed by atoms with Gasteiger partial charge >= 0.3 is 0 Å². The Morgan fingerprint density at radius 2 is 2.05 bits per heavy atom. The van der Waals surface area contributed by atoms with Gasteiger partial charge in [0, 0.05) is 18.2 Å². The van der Waals surface area contributed by atoms with Crippen LogP contribution in [0.5, 0.6) is 0 Å². The van der Waals surface area contributed by atoms with Crippen molar-refractivity contribution in [2.45, 2.75) is 32.1 Å². The normalized spacial score (nSPS) is 16.9. The minimum atomic E-state index is -1.37. The molecule has 0 bridgehead atoms. The monoisotopic (exact) mass is 287 g/mol. The van der Waals surface area contributed by atoms with Crippen molar-refractivity contribution in [3.05, 3.63) is 35.4 Å². The highest BCUT2D eigenvalue weighted by Gasteiger charge is 2.39. The molecule has 0 spiro atoms. The maximum Gasteiger partial charge on any atom is 0.169 e. The first-order chi connectivity index (χ1) is 8.51. The maximum atomic E-state index is 11.1. The van der Waals surface area contributed by atoms with Gasteiger partial charge in [0.1, 0.15) is 12.4 Å². The van der Waals surface area contributed by atoms with Gasteiger partial charge in [-0.25, -0.2) is 0 Å². The Kier molecular flexibility index (Phi) is 7.23. The van der Waals surface area contributed by atoms with Crippen LogP contribution in [-0.4, -0.2) is 24.6 Å². The van der Waals surface area contributed by atoms with E-state index in [1.165, 1.54) is 7.11 Å². The van der Waals surface area contributed by atoms with E-state index in [2.05, 4.69) is 0 Å². The lowest BCUT2D eigenvalue weighted by atomic mass is 9.86. The van der Waals surface area contributed by atoms with E-state index in [4.69, 9.17) is 10.5 Å². The number of ether oxygens (including phenoxy) is 1. The highest BCUT2D eigenvalue weighted by molar-refractivity contribution is 5.85. The zero-order valence-corrected chi connectivity index (χ0v) is 12.3. The molecule has 0 aromatic heterocycles. The van der Waals surface area contributed by atoms with Crippen LogP contribution in [0.15, 0.2) is 24.3 Å². The number of carbonyl (C=O) groups excluding carboxylic acids is 1. The standard InChI is InChI=1S/C14H21NO3.ClH/c1-4-10(2)13(17)14(15,18-3)12-8-6-5-7-11(12)9-16;/h5-10,13,17H,4,15H2,1-3H3;1H/t10?,13-,14-;/m1./s1. The molecule has 3 atom stereocenters. The molecule has 0 fully saturated rings. The van der Waals surface area contributed by atoms with E-state index in [0.29, 0.717) is 11.1 Å². The molecule has 0 radical (unpaired) electrons. The molecule has 5 heteroatoms. The first-order valence-electron chi connectivity index (χ1n) is 6.08. The third-order valence-corrected chi connectivity index (χ3v) is 3.47. The summed E-state index contributed by atoms with van der Waals surface area (Å²) in [6, 6.07) is 6.89. The topological polar surface area (TPSA) is 72.6 Å². The van der Waals surface area contributed by atoms with Crippen LogP contribution in [0, 0.1) is 5.92 Å². The van der Waals surface area contributed by atoms with Gasteiger partial charge in [-0.3, -0.25) is 10.5 Å². The molecular formula is C14H22ClNO3. The Hall–Kier alpha value is -0.940. The second-order valence-corrected chi connectivity index (χ2v) is 4.53. The van der Waals surface area contributed by atoms with Gasteiger partial charge in [0.2, 0.25) is 0 Å². The van der Waals surface area contributed by atoms with E-state index in [9.17, 15) is 9.90 Å². The van der Waals surface area contributed by atoms with Crippen molar-refractivity contribution in [2.24, 2.45) is 11.7 Å². The Morgan fingerprint density at radius 1 is 1.47 bits per heavy atom. The number of rotatable bonds is 6. The van der Waals surface area contributed by atoms with Crippen LogP contribution in [0.25, 0.3) is 0 Å². The van der Waals surface area contributed by atoms with Crippen LogP contribution in [0.2, 0.25) is 0 Å². The quantitative estimate of drug-likeness (QED) is 0.621. The number of benzene rings is 1. The van der Waals surface area contributed by atoms with Crippen molar-refractivity contribution >= 4 is 18.7 Å². The Balaban J connectivity index is 0.00000324. The molecule has 0 aliphatic heterocycles. The molecule has 0 heterocycles. The highest BCUT2D eigenvalue weighted by atomic mass is 35.5. The number of aldehydes is 1. The molecule has 1 aromatic carbocycles. The van der Waals surface area contributed by atoms with Gasteiger partial charge in [-0.05, 0) is 5.92 Å². The van der Waals surface area contributed by atoms with Crippen molar-refractivity contribution in [2.75, 3.05) is 7.11 Å². The first kappa shape index (κ1) is 18.1. The van der Waals surface area contributed by atoms with Crippen LogP contribution in [0.4, 0.5) is 0 Å². The first-order valence-corrected chi connectivity index (χ1v) is 6.08. The van der Waals surface area contributed by atoms with Crippen molar-refractivity contribution < 1.29 is 14.6 Å². The lowest BCUT2D eigenvalue weighted by molar-refractivity contribution is -0.125. The van der Waals surface area contributed by atoms with E-state index < -0.39 is 11.8 Å². The smallest absolute Gasteiger partial charge is 0.169 e. The Labute approximate surface area is 120 Å². The van der Waals surface area contributed by atoms with Gasteiger partial charge in [-0.15, -0.1) is 12.4 Å². The summed E-state index contributed by atoms with van der Waals surface area (Å²) in [6.45, 7) is 3.87. The highest BCUT2D eigenvalue weighted by Crippen LogP contribution is 2.30. The van der Waals surface area contributed by atoms with E-state index in [1.54, 1.807) is 24.3 Å². The molecule has 3 N–H and O–H groups in total. The fraction of sp³-hybridized carbons (Fsp3) is 0.500. The third-order valence-electron chi connectivity index (χ3n) is 3.47. The van der Waals surface area contributed by atoms with Gasteiger partial charge in [-0.2, -0.15) is 0 Å². The molecular weight excluding hydrogens is 266 g/mol. The van der Waals surface area contributed by atoms with Gasteiger partial charge in [-0.1, -0.05) is 44.5 Å². The number of nitrogens with two attached hydrogens (primary N) is 1. The van der Waals surface area contributed by atoms with Crippen molar-refractivity contribution in [1.82, 2.24) is 0 Å². The molecule has 1 rings (SSSR count). The summed E-state index contributed by atoms with van der Waals surface area (Å²) in [4.78, 5) is 11.1. The molecule has 0 aliphatic carbocycles. The number of methoxy groups -OCH3 is 1. The van der Waals surface area contributed by atoms with E-state index in [1.807, 2.05) is 13.8 Å². The fourth-order valence-corrected chi connectivity index (χ4v) is 1.99. The van der Waals surface area contributed by atoms with E-state index >= 15 is 0 Å². The van der Waals surface area contributed by atoms with Crippen molar-refractivity contribution in [3.8, 4) is 0 Å². The van der Waals surface area contributed by atoms with Crippen LogP contribution >= 0.6 is 12.4 Å². The predicted octanol–water partition coefficient (Wildman–Crippen LogP) is 2.09. The molecule has 19 heavy (non-hydrogen) atoms. The zero-order chi connectivity index (χ0) is 13.8. The van der Waals surface area contributed by atoms with Crippen LogP contribution < -0.4 is 5.73 Å². The zero-order valence-electron chi connectivity index (χ0n) is 11.5. The summed E-state index contributed by atoms with van der Waals surface area (Å²) >= 11 is 0. The van der Waals surface area contributed by atoms with E-state index in [-0.39, 0.29) is 18.3 Å². The SMILES string of the molecule is CCC(C)[C@@H](O)[C@](N)(OC)c1ccccc1C=O.Cl. The van der Waals surface area contributed by atoms with Crippen LogP contribution in [0.3, 0.4) is 0 Å². The molecule has 4 nitrogen and oxygen atoms in total. The number of halogens is 1. The minimum Gasteiger partial charge on any atom is -0.388 e. The summed E-state index contributed by atoms with van der Waals surface area (Å²) in [6.07, 6.45) is 0.611. The lowest BCUT2D eigenvalue weighted by Gasteiger charge is -2.37. The second kappa shape index (κ2) is 7.60. The van der Waals surface area contributed by atoms with Gasteiger partial charge < -0.3 is 9.84 Å². The second-order valence-electron chi connectivity index (χ2n) is 4.53. The lowest BCUT2D eigenvalue weighted by Crippen LogP contribution is -2.52. The summed E-state index contributed by atoms with van der Waals surface area (Å²) in [5.74, 6) is -0.0327. The molecule has 108 valence electrons. The number of hydrogen-bond donors (Lipinski definition) is 2. The largest absolute Gasteiger partial charge is 0.388 e. The predicted molar refractivity (Wildman–Crippen MR) is 77.4 cm³/mol. The average Bonchev–Trinajstić information content (AvgIpc) is 2.44. The van der Waals surface area contributed by atoms with Crippen molar-refractivity contribution in [1.29, 1.82) is 0 Å². The molecule has 1 aromatic rings. The molecule has 1 unspecified atom stereocenters. The average molecular weight is 288 g/mol. The molecule has 0 aliphatic rings.